The molecule has 2 amide bonds. The van der Waals surface area contributed by atoms with E-state index in [9.17, 15) is 18.0 Å². The van der Waals surface area contributed by atoms with E-state index < -0.39 is 28.5 Å². The van der Waals surface area contributed by atoms with E-state index in [1.54, 1.807) is 48.5 Å². The summed E-state index contributed by atoms with van der Waals surface area (Å²) >= 11 is 6.60. The van der Waals surface area contributed by atoms with Gasteiger partial charge in [0.05, 0.1) is 10.6 Å². The molecule has 1 aliphatic carbocycles. The third kappa shape index (κ3) is 7.98. The van der Waals surface area contributed by atoms with Gasteiger partial charge in [-0.2, -0.15) is 0 Å². The fraction of sp³-hybridized carbons (Fsp3) is 0.297. The number of benzene rings is 4. The van der Waals surface area contributed by atoms with Crippen molar-refractivity contribution in [2.75, 3.05) is 10.8 Å². The van der Waals surface area contributed by atoms with Gasteiger partial charge in [-0.3, -0.25) is 13.9 Å². The zero-order valence-electron chi connectivity index (χ0n) is 26.2. The zero-order chi connectivity index (χ0) is 32.7. The summed E-state index contributed by atoms with van der Waals surface area (Å²) in [5.41, 5.74) is 3.55. The highest BCUT2D eigenvalue weighted by molar-refractivity contribution is 7.92. The first-order chi connectivity index (χ1) is 22.1. The molecule has 1 fully saturated rings. The number of hydrogen-bond donors (Lipinski definition) is 1. The van der Waals surface area contributed by atoms with E-state index in [4.69, 9.17) is 11.6 Å². The molecule has 240 valence electrons. The standard InChI is InChI=1S/C37H40ClN3O4S/c1-27-20-22-32(23-21-27)46(44,45)41(34-19-11-6-12-28(34)2)26-36(42)40(25-30-15-7-10-18-33(30)38)35(24-29-13-4-3-5-14-29)37(43)39-31-16-8-9-17-31/h3-7,10-15,18-23,31,35H,8-9,16-17,24-26H2,1-2H3,(H,39,43)/t35-/m0/s1. The number of hydrogen-bond acceptors (Lipinski definition) is 4. The maximum absolute atomic E-state index is 14.7. The Morgan fingerprint density at radius 3 is 2.15 bits per heavy atom. The van der Waals surface area contributed by atoms with E-state index in [0.29, 0.717) is 21.8 Å². The van der Waals surface area contributed by atoms with Crippen LogP contribution in [-0.2, 0) is 32.6 Å². The number of carbonyl (C=O) groups excluding carboxylic acids is 2. The number of amides is 2. The summed E-state index contributed by atoms with van der Waals surface area (Å²) in [7, 11) is -4.17. The van der Waals surface area contributed by atoms with Crippen molar-refractivity contribution in [3.05, 3.63) is 130 Å². The van der Waals surface area contributed by atoms with Crippen molar-refractivity contribution in [2.24, 2.45) is 0 Å². The van der Waals surface area contributed by atoms with Crippen LogP contribution in [0.15, 0.2) is 108 Å². The molecule has 7 nitrogen and oxygen atoms in total. The first kappa shape index (κ1) is 33.2. The molecule has 1 N–H and O–H groups in total. The quantitative estimate of drug-likeness (QED) is 0.181. The minimum absolute atomic E-state index is 0.0281. The Hall–Kier alpha value is -4.14. The molecule has 0 unspecified atom stereocenters. The highest BCUT2D eigenvalue weighted by Crippen LogP contribution is 2.29. The predicted molar refractivity (Wildman–Crippen MR) is 183 cm³/mol. The van der Waals surface area contributed by atoms with E-state index in [-0.39, 0.29) is 29.8 Å². The first-order valence-corrected chi connectivity index (χ1v) is 17.5. The molecule has 1 atom stereocenters. The van der Waals surface area contributed by atoms with Crippen molar-refractivity contribution >= 4 is 39.1 Å². The first-order valence-electron chi connectivity index (χ1n) is 15.7. The second-order valence-electron chi connectivity index (χ2n) is 11.9. The van der Waals surface area contributed by atoms with Crippen LogP contribution in [0.5, 0.6) is 0 Å². The largest absolute Gasteiger partial charge is 0.352 e. The molecule has 1 saturated carbocycles. The van der Waals surface area contributed by atoms with Crippen LogP contribution >= 0.6 is 11.6 Å². The predicted octanol–water partition coefficient (Wildman–Crippen LogP) is 6.85. The van der Waals surface area contributed by atoms with Gasteiger partial charge in [0.2, 0.25) is 11.8 Å². The molecule has 0 bridgehead atoms. The lowest BCUT2D eigenvalue weighted by Crippen LogP contribution is -2.54. The Morgan fingerprint density at radius 2 is 1.48 bits per heavy atom. The fourth-order valence-corrected chi connectivity index (χ4v) is 7.60. The summed E-state index contributed by atoms with van der Waals surface area (Å²) in [6.07, 6.45) is 4.11. The second-order valence-corrected chi connectivity index (χ2v) is 14.2. The zero-order valence-corrected chi connectivity index (χ0v) is 27.8. The summed E-state index contributed by atoms with van der Waals surface area (Å²) < 4.78 is 29.6. The van der Waals surface area contributed by atoms with E-state index in [1.165, 1.54) is 4.90 Å². The third-order valence-corrected chi connectivity index (χ3v) is 10.7. The summed E-state index contributed by atoms with van der Waals surface area (Å²) in [6.45, 7) is 3.22. The Kier molecular flexibility index (Phi) is 10.8. The fourth-order valence-electron chi connectivity index (χ4n) is 5.93. The van der Waals surface area contributed by atoms with Crippen LogP contribution in [0.3, 0.4) is 0 Å². The van der Waals surface area contributed by atoms with Gasteiger partial charge in [-0.05, 0) is 67.6 Å². The lowest BCUT2D eigenvalue weighted by atomic mass is 10.0. The summed E-state index contributed by atoms with van der Waals surface area (Å²) in [6, 6.07) is 29.5. The normalized spacial score (nSPS) is 14.1. The Bertz CT molecular complexity index is 1760. The van der Waals surface area contributed by atoms with E-state index >= 15 is 0 Å². The SMILES string of the molecule is Cc1ccc(S(=O)(=O)N(CC(=O)N(Cc2ccccc2Cl)[C@@H](Cc2ccccc2)C(=O)NC2CCCC2)c2ccccc2C)cc1. The Labute approximate surface area is 277 Å². The Balaban J connectivity index is 1.58. The van der Waals surface area contributed by atoms with E-state index in [1.807, 2.05) is 68.4 Å². The number of sulfonamides is 1. The van der Waals surface area contributed by atoms with Crippen LogP contribution in [0.25, 0.3) is 0 Å². The van der Waals surface area contributed by atoms with Gasteiger partial charge in [0, 0.05) is 24.0 Å². The summed E-state index contributed by atoms with van der Waals surface area (Å²) in [5.74, 6) is -0.777. The van der Waals surface area contributed by atoms with Gasteiger partial charge in [-0.25, -0.2) is 8.42 Å². The van der Waals surface area contributed by atoms with Gasteiger partial charge in [-0.15, -0.1) is 0 Å². The average molecular weight is 658 g/mol. The highest BCUT2D eigenvalue weighted by atomic mass is 35.5. The average Bonchev–Trinajstić information content (AvgIpc) is 3.56. The molecule has 0 aromatic heterocycles. The summed E-state index contributed by atoms with van der Waals surface area (Å²) in [5, 5.41) is 3.65. The smallest absolute Gasteiger partial charge is 0.264 e. The number of nitrogens with zero attached hydrogens (tertiary/aromatic N) is 2. The summed E-state index contributed by atoms with van der Waals surface area (Å²) in [4.78, 5) is 30.3. The second kappa shape index (κ2) is 15.0. The van der Waals surface area contributed by atoms with Crippen LogP contribution in [0.1, 0.15) is 47.9 Å². The molecule has 4 aromatic rings. The van der Waals surface area contributed by atoms with Crippen molar-refractivity contribution in [3.63, 3.8) is 0 Å². The maximum atomic E-state index is 14.7. The number of para-hydroxylation sites is 1. The van der Waals surface area contributed by atoms with Gasteiger partial charge in [0.15, 0.2) is 0 Å². The lowest BCUT2D eigenvalue weighted by Gasteiger charge is -2.34. The topological polar surface area (TPSA) is 86.8 Å². The van der Waals surface area contributed by atoms with Crippen molar-refractivity contribution in [1.82, 2.24) is 10.2 Å². The molecule has 4 aromatic carbocycles. The number of anilines is 1. The van der Waals surface area contributed by atoms with Crippen LogP contribution < -0.4 is 9.62 Å². The monoisotopic (exact) mass is 657 g/mol. The molecule has 0 saturated heterocycles. The van der Waals surface area contributed by atoms with Crippen LogP contribution in [0.4, 0.5) is 5.69 Å². The number of rotatable bonds is 12. The minimum Gasteiger partial charge on any atom is -0.352 e. The molecule has 1 aliphatic rings. The van der Waals surface area contributed by atoms with Crippen LogP contribution in [0.2, 0.25) is 5.02 Å². The van der Waals surface area contributed by atoms with Crippen molar-refractivity contribution < 1.29 is 18.0 Å². The van der Waals surface area contributed by atoms with Gasteiger partial charge < -0.3 is 10.2 Å². The van der Waals surface area contributed by atoms with E-state index in [2.05, 4.69) is 5.32 Å². The van der Waals surface area contributed by atoms with Gasteiger partial charge in [0.25, 0.3) is 10.0 Å². The van der Waals surface area contributed by atoms with Crippen molar-refractivity contribution in [2.45, 2.75) is 69.5 Å². The molecule has 0 heterocycles. The van der Waals surface area contributed by atoms with Crippen LogP contribution in [-0.4, -0.2) is 43.8 Å². The lowest BCUT2D eigenvalue weighted by molar-refractivity contribution is -0.140. The molecule has 0 aliphatic heterocycles. The number of halogens is 1. The molecule has 0 radical (unpaired) electrons. The molecular formula is C37H40ClN3O4S. The van der Waals surface area contributed by atoms with Gasteiger partial charge in [0.1, 0.15) is 12.6 Å². The van der Waals surface area contributed by atoms with Gasteiger partial charge >= 0.3 is 0 Å². The minimum atomic E-state index is -4.17. The number of nitrogens with one attached hydrogen (secondary N) is 1. The maximum Gasteiger partial charge on any atom is 0.264 e. The molecule has 46 heavy (non-hydrogen) atoms. The third-order valence-electron chi connectivity index (χ3n) is 8.54. The molecule has 0 spiro atoms. The molecule has 9 heteroatoms. The molecule has 5 rings (SSSR count). The van der Waals surface area contributed by atoms with Gasteiger partial charge in [-0.1, -0.05) is 109 Å². The highest BCUT2D eigenvalue weighted by Gasteiger charge is 2.36. The molecular weight excluding hydrogens is 618 g/mol. The van der Waals surface area contributed by atoms with Crippen molar-refractivity contribution in [3.8, 4) is 0 Å². The van der Waals surface area contributed by atoms with Crippen molar-refractivity contribution in [1.29, 1.82) is 0 Å². The van der Waals surface area contributed by atoms with Crippen LogP contribution in [0, 0.1) is 13.8 Å². The number of carbonyl (C=O) groups is 2. The Morgan fingerprint density at radius 1 is 0.848 bits per heavy atom. The van der Waals surface area contributed by atoms with E-state index in [0.717, 1.165) is 41.1 Å². The number of aryl methyl sites for hydroxylation is 2.